The Morgan fingerprint density at radius 3 is 2.43 bits per heavy atom. The predicted molar refractivity (Wildman–Crippen MR) is 109 cm³/mol. The van der Waals surface area contributed by atoms with Crippen molar-refractivity contribution in [3.05, 3.63) is 64.3 Å². The minimum absolute atomic E-state index is 0.307. The van der Waals surface area contributed by atoms with E-state index in [9.17, 15) is 9.59 Å². The van der Waals surface area contributed by atoms with Gasteiger partial charge >= 0.3 is 0 Å². The second-order valence-electron chi connectivity index (χ2n) is 6.99. The average Bonchev–Trinajstić information content (AvgIpc) is 3.30. The second-order valence-corrected chi connectivity index (χ2v) is 7.43. The zero-order valence-electron chi connectivity index (χ0n) is 15.9. The summed E-state index contributed by atoms with van der Waals surface area (Å²) in [5, 5.41) is 0.481. The Hall–Kier alpha value is -2.79. The summed E-state index contributed by atoms with van der Waals surface area (Å²) in [6.07, 6.45) is 2.00. The van der Waals surface area contributed by atoms with Crippen molar-refractivity contribution in [3.8, 4) is 5.75 Å². The van der Waals surface area contributed by atoms with Gasteiger partial charge in [0.25, 0.3) is 11.8 Å². The maximum atomic E-state index is 13.5. The number of ether oxygens (including phenoxy) is 1. The first kappa shape index (κ1) is 18.6. The number of imide groups is 1. The molecule has 0 N–H and O–H groups in total. The van der Waals surface area contributed by atoms with Crippen LogP contribution >= 0.6 is 11.6 Å². The number of carbonyl (C=O) groups excluding carboxylic acids is 2. The fraction of sp³-hybridized carbons (Fsp3) is 0.273. The molecule has 1 saturated heterocycles. The van der Waals surface area contributed by atoms with Crippen LogP contribution in [0.25, 0.3) is 5.57 Å². The highest BCUT2D eigenvalue weighted by molar-refractivity contribution is 6.46. The fourth-order valence-corrected chi connectivity index (χ4v) is 4.05. The van der Waals surface area contributed by atoms with E-state index in [1.54, 1.807) is 25.3 Å². The molecular formula is C22H21ClN2O3. The van der Waals surface area contributed by atoms with Gasteiger partial charge < -0.3 is 9.64 Å². The molecule has 0 aromatic heterocycles. The average molecular weight is 397 g/mol. The summed E-state index contributed by atoms with van der Waals surface area (Å²) in [4.78, 5) is 30.3. The van der Waals surface area contributed by atoms with Gasteiger partial charge in [-0.15, -0.1) is 0 Å². The number of rotatable bonds is 4. The Bertz CT molecular complexity index is 993. The lowest BCUT2D eigenvalue weighted by molar-refractivity contribution is -0.120. The molecule has 2 aliphatic heterocycles. The summed E-state index contributed by atoms with van der Waals surface area (Å²) in [5.41, 5.74) is 2.81. The van der Waals surface area contributed by atoms with Gasteiger partial charge in [-0.05, 0) is 43.5 Å². The van der Waals surface area contributed by atoms with Gasteiger partial charge in [0.2, 0.25) is 0 Å². The van der Waals surface area contributed by atoms with Crippen LogP contribution in [0.5, 0.6) is 5.75 Å². The van der Waals surface area contributed by atoms with E-state index in [1.165, 1.54) is 4.90 Å². The van der Waals surface area contributed by atoms with Crippen LogP contribution in [0, 0.1) is 6.92 Å². The highest BCUT2D eigenvalue weighted by atomic mass is 35.5. The third-order valence-corrected chi connectivity index (χ3v) is 5.51. The van der Waals surface area contributed by atoms with E-state index in [4.69, 9.17) is 16.3 Å². The molecule has 0 aliphatic carbocycles. The summed E-state index contributed by atoms with van der Waals surface area (Å²) in [5.74, 6) is -0.0834. The van der Waals surface area contributed by atoms with E-state index < -0.39 is 0 Å². The van der Waals surface area contributed by atoms with E-state index in [0.29, 0.717) is 33.3 Å². The second kappa shape index (κ2) is 7.32. The van der Waals surface area contributed by atoms with Gasteiger partial charge in [-0.1, -0.05) is 35.9 Å². The zero-order chi connectivity index (χ0) is 19.8. The van der Waals surface area contributed by atoms with Crippen LogP contribution in [0.4, 0.5) is 5.69 Å². The topological polar surface area (TPSA) is 49.9 Å². The first-order valence-corrected chi connectivity index (χ1v) is 9.68. The number of amides is 2. The summed E-state index contributed by atoms with van der Waals surface area (Å²) in [7, 11) is 1.56. The van der Waals surface area contributed by atoms with Crippen molar-refractivity contribution in [1.82, 2.24) is 4.90 Å². The van der Waals surface area contributed by atoms with E-state index in [-0.39, 0.29) is 11.8 Å². The van der Waals surface area contributed by atoms with Crippen LogP contribution in [0.2, 0.25) is 5.02 Å². The standard InChI is InChI=1S/C22H21ClN2O3/c1-14-9-10-15(23)13-17(14)25-21(26)19(16-7-3-4-8-18(16)28-2)20(22(25)27)24-11-5-6-12-24/h3-4,7-10,13H,5-6,11-12H2,1-2H3. The zero-order valence-corrected chi connectivity index (χ0v) is 16.6. The van der Waals surface area contributed by atoms with Crippen LogP contribution < -0.4 is 9.64 Å². The Labute approximate surface area is 169 Å². The largest absolute Gasteiger partial charge is 0.496 e. The van der Waals surface area contributed by atoms with Crippen LogP contribution in [0.15, 0.2) is 48.2 Å². The molecule has 5 nitrogen and oxygen atoms in total. The number of halogens is 1. The number of hydrogen-bond donors (Lipinski definition) is 0. The van der Waals surface area contributed by atoms with Gasteiger partial charge in [0.1, 0.15) is 11.4 Å². The molecule has 2 aliphatic rings. The molecule has 1 fully saturated rings. The molecule has 2 heterocycles. The van der Waals surface area contributed by atoms with Crippen LogP contribution in [0.1, 0.15) is 24.0 Å². The van der Waals surface area contributed by atoms with Crippen LogP contribution in [-0.4, -0.2) is 36.9 Å². The highest BCUT2D eigenvalue weighted by Crippen LogP contribution is 2.40. The van der Waals surface area contributed by atoms with Gasteiger partial charge in [0, 0.05) is 23.7 Å². The third-order valence-electron chi connectivity index (χ3n) is 5.27. The number of likely N-dealkylation sites (tertiary alicyclic amines) is 1. The van der Waals surface area contributed by atoms with Crippen molar-refractivity contribution in [2.75, 3.05) is 25.1 Å². The first-order valence-electron chi connectivity index (χ1n) is 9.30. The minimum Gasteiger partial charge on any atom is -0.496 e. The molecular weight excluding hydrogens is 376 g/mol. The number of hydrogen-bond acceptors (Lipinski definition) is 4. The molecule has 28 heavy (non-hydrogen) atoms. The van der Waals surface area contributed by atoms with E-state index in [2.05, 4.69) is 0 Å². The number of nitrogens with zero attached hydrogens (tertiary/aromatic N) is 2. The fourth-order valence-electron chi connectivity index (χ4n) is 3.89. The van der Waals surface area contributed by atoms with Crippen molar-refractivity contribution in [1.29, 1.82) is 0 Å². The molecule has 2 aromatic carbocycles. The molecule has 144 valence electrons. The molecule has 0 spiro atoms. The molecule has 0 radical (unpaired) electrons. The smallest absolute Gasteiger partial charge is 0.282 e. The molecule has 0 unspecified atom stereocenters. The minimum atomic E-state index is -0.346. The van der Waals surface area contributed by atoms with Crippen molar-refractivity contribution < 1.29 is 14.3 Å². The molecule has 4 rings (SSSR count). The van der Waals surface area contributed by atoms with Crippen molar-refractivity contribution in [3.63, 3.8) is 0 Å². The summed E-state index contributed by atoms with van der Waals surface area (Å²) in [6.45, 7) is 3.38. The Morgan fingerprint density at radius 2 is 1.71 bits per heavy atom. The Morgan fingerprint density at radius 1 is 1.00 bits per heavy atom. The van der Waals surface area contributed by atoms with E-state index in [0.717, 1.165) is 31.5 Å². The van der Waals surface area contributed by atoms with Gasteiger partial charge in [-0.2, -0.15) is 0 Å². The molecule has 2 amide bonds. The summed E-state index contributed by atoms with van der Waals surface area (Å²) >= 11 is 6.16. The Kier molecular flexibility index (Phi) is 4.85. The van der Waals surface area contributed by atoms with Gasteiger partial charge in [-0.3, -0.25) is 9.59 Å². The van der Waals surface area contributed by atoms with Crippen molar-refractivity contribution in [2.45, 2.75) is 19.8 Å². The van der Waals surface area contributed by atoms with E-state index in [1.807, 2.05) is 36.1 Å². The monoisotopic (exact) mass is 396 g/mol. The van der Waals surface area contributed by atoms with Crippen molar-refractivity contribution in [2.24, 2.45) is 0 Å². The number of methoxy groups -OCH3 is 1. The van der Waals surface area contributed by atoms with Gasteiger partial charge in [-0.25, -0.2) is 4.90 Å². The molecule has 0 bridgehead atoms. The van der Waals surface area contributed by atoms with Crippen LogP contribution in [-0.2, 0) is 9.59 Å². The number of benzene rings is 2. The number of aryl methyl sites for hydroxylation is 1. The molecule has 0 atom stereocenters. The number of carbonyl (C=O) groups is 2. The maximum Gasteiger partial charge on any atom is 0.282 e. The van der Waals surface area contributed by atoms with Crippen molar-refractivity contribution >= 4 is 34.7 Å². The Balaban J connectivity index is 1.90. The number of anilines is 1. The van der Waals surface area contributed by atoms with Gasteiger partial charge in [0.15, 0.2) is 0 Å². The lowest BCUT2D eigenvalue weighted by Crippen LogP contribution is -2.35. The molecule has 6 heteroatoms. The quantitative estimate of drug-likeness (QED) is 0.732. The highest BCUT2D eigenvalue weighted by Gasteiger charge is 2.44. The summed E-state index contributed by atoms with van der Waals surface area (Å²) in [6, 6.07) is 12.5. The lowest BCUT2D eigenvalue weighted by Gasteiger charge is -2.21. The molecule has 0 saturated carbocycles. The normalized spacial score (nSPS) is 17.1. The summed E-state index contributed by atoms with van der Waals surface area (Å²) < 4.78 is 5.48. The molecule has 2 aromatic rings. The first-order chi connectivity index (χ1) is 13.5. The lowest BCUT2D eigenvalue weighted by atomic mass is 10.0. The van der Waals surface area contributed by atoms with E-state index >= 15 is 0 Å². The third kappa shape index (κ3) is 2.96. The van der Waals surface area contributed by atoms with Gasteiger partial charge in [0.05, 0.1) is 18.4 Å². The van der Waals surface area contributed by atoms with Crippen LogP contribution in [0.3, 0.4) is 0 Å². The number of para-hydroxylation sites is 1. The predicted octanol–water partition coefficient (Wildman–Crippen LogP) is 4.04. The maximum absolute atomic E-state index is 13.5. The SMILES string of the molecule is COc1ccccc1C1=C(N2CCCC2)C(=O)N(c2cc(Cl)ccc2C)C1=O.